The molecule has 0 bridgehead atoms. The van der Waals surface area contributed by atoms with Gasteiger partial charge in [-0.3, -0.25) is 0 Å². The van der Waals surface area contributed by atoms with Crippen molar-refractivity contribution in [1.82, 2.24) is 4.90 Å². The molecule has 1 aliphatic heterocycles. The molecule has 0 aliphatic carbocycles. The third-order valence-electron chi connectivity index (χ3n) is 3.16. The molecular formula is C14H20FNO. The summed E-state index contributed by atoms with van der Waals surface area (Å²) in [4.78, 5) is 2.02. The predicted molar refractivity (Wildman–Crippen MR) is 66.6 cm³/mol. The van der Waals surface area contributed by atoms with Crippen molar-refractivity contribution in [3.63, 3.8) is 0 Å². The summed E-state index contributed by atoms with van der Waals surface area (Å²) in [5, 5.41) is 0. The van der Waals surface area contributed by atoms with Crippen molar-refractivity contribution in [1.29, 1.82) is 0 Å². The number of alkyl halides is 1. The smallest absolute Gasteiger partial charge is 0.113 e. The lowest BCUT2D eigenvalue weighted by Crippen LogP contribution is -2.30. The first-order chi connectivity index (χ1) is 8.24. The van der Waals surface area contributed by atoms with Crippen LogP contribution in [-0.2, 0) is 11.3 Å². The molecule has 2 nitrogen and oxygen atoms in total. The molecule has 1 saturated heterocycles. The molecule has 0 radical (unpaired) electrons. The minimum Gasteiger partial charge on any atom is -0.372 e. The Hall–Kier alpha value is -0.930. The van der Waals surface area contributed by atoms with Gasteiger partial charge in [0.25, 0.3) is 0 Å². The van der Waals surface area contributed by atoms with Gasteiger partial charge in [-0.15, -0.1) is 0 Å². The number of benzene rings is 1. The summed E-state index contributed by atoms with van der Waals surface area (Å²) in [5.74, 6) is 0. The summed E-state index contributed by atoms with van der Waals surface area (Å²) in [6.07, 6.45) is 0.883. The molecule has 0 spiro atoms. The Labute approximate surface area is 102 Å². The van der Waals surface area contributed by atoms with Gasteiger partial charge in [-0.2, -0.15) is 0 Å². The minimum atomic E-state index is -0.703. The molecule has 1 fully saturated rings. The zero-order chi connectivity index (χ0) is 12.1. The molecule has 0 amide bonds. The lowest BCUT2D eigenvalue weighted by atomic mass is 10.1. The Morgan fingerprint density at radius 1 is 1.24 bits per heavy atom. The second-order valence-electron chi connectivity index (χ2n) is 4.81. The molecule has 2 unspecified atom stereocenters. The lowest BCUT2D eigenvalue weighted by Gasteiger charge is -2.20. The summed E-state index contributed by atoms with van der Waals surface area (Å²) in [6, 6.07) is 10.1. The molecule has 0 aromatic heterocycles. The van der Waals surface area contributed by atoms with E-state index in [2.05, 4.69) is 12.1 Å². The van der Waals surface area contributed by atoms with E-state index in [0.29, 0.717) is 19.6 Å². The normalized spacial score (nSPS) is 26.7. The Morgan fingerprint density at radius 3 is 2.76 bits per heavy atom. The molecule has 0 saturated carbocycles. The third-order valence-corrected chi connectivity index (χ3v) is 3.16. The quantitative estimate of drug-likeness (QED) is 0.801. The molecular weight excluding hydrogens is 217 g/mol. The zero-order valence-corrected chi connectivity index (χ0v) is 10.3. The first kappa shape index (κ1) is 12.5. The van der Waals surface area contributed by atoms with Crippen molar-refractivity contribution in [2.24, 2.45) is 0 Å². The van der Waals surface area contributed by atoms with Gasteiger partial charge in [0.05, 0.1) is 12.7 Å². The number of rotatable bonds is 3. The number of halogens is 1. The van der Waals surface area contributed by atoms with Crippen molar-refractivity contribution in [2.75, 3.05) is 20.1 Å². The molecule has 0 N–H and O–H groups in total. The average Bonchev–Trinajstić information content (AvgIpc) is 2.49. The standard InChI is InChI=1S/C14H20FNO/c1-16-9-13(15)7-8-14(10-16)17-11-12-5-3-2-4-6-12/h2-6,13-14H,7-11H2,1H3. The zero-order valence-electron chi connectivity index (χ0n) is 10.3. The molecule has 1 aromatic carbocycles. The highest BCUT2D eigenvalue weighted by Crippen LogP contribution is 2.16. The van der Waals surface area contributed by atoms with Gasteiger partial charge in [-0.25, -0.2) is 4.39 Å². The fourth-order valence-corrected chi connectivity index (χ4v) is 2.23. The van der Waals surface area contributed by atoms with Crippen LogP contribution in [0.5, 0.6) is 0 Å². The summed E-state index contributed by atoms with van der Waals surface area (Å²) >= 11 is 0. The Kier molecular flexibility index (Phi) is 4.51. The molecule has 1 aromatic rings. The van der Waals surface area contributed by atoms with Gasteiger partial charge in [0, 0.05) is 13.1 Å². The third kappa shape index (κ3) is 4.10. The van der Waals surface area contributed by atoms with E-state index >= 15 is 0 Å². The highest BCUT2D eigenvalue weighted by Gasteiger charge is 2.21. The first-order valence-corrected chi connectivity index (χ1v) is 6.22. The molecule has 3 heteroatoms. The number of likely N-dealkylation sites (tertiary alicyclic amines) is 1. The van der Waals surface area contributed by atoms with E-state index in [-0.39, 0.29) is 6.10 Å². The van der Waals surface area contributed by atoms with Crippen LogP contribution in [0, 0.1) is 0 Å². The summed E-state index contributed by atoms with van der Waals surface area (Å²) < 4.78 is 19.2. The van der Waals surface area contributed by atoms with Gasteiger partial charge in [0.15, 0.2) is 0 Å². The van der Waals surface area contributed by atoms with E-state index in [4.69, 9.17) is 4.74 Å². The van der Waals surface area contributed by atoms with Crippen LogP contribution in [0.4, 0.5) is 4.39 Å². The molecule has 1 aliphatic rings. The summed E-state index contributed by atoms with van der Waals surface area (Å²) in [6.45, 7) is 1.98. The van der Waals surface area contributed by atoms with Crippen LogP contribution < -0.4 is 0 Å². The average molecular weight is 237 g/mol. The highest BCUT2D eigenvalue weighted by molar-refractivity contribution is 5.13. The van der Waals surface area contributed by atoms with Crippen LogP contribution >= 0.6 is 0 Å². The van der Waals surface area contributed by atoms with E-state index in [1.807, 2.05) is 30.1 Å². The number of ether oxygens (including phenoxy) is 1. The van der Waals surface area contributed by atoms with Gasteiger partial charge in [-0.05, 0) is 25.5 Å². The fraction of sp³-hybridized carbons (Fsp3) is 0.571. The van der Waals surface area contributed by atoms with Crippen LogP contribution in [0.2, 0.25) is 0 Å². The van der Waals surface area contributed by atoms with E-state index in [0.717, 1.165) is 13.0 Å². The maximum atomic E-state index is 13.3. The van der Waals surface area contributed by atoms with Crippen LogP contribution in [-0.4, -0.2) is 37.3 Å². The van der Waals surface area contributed by atoms with Crippen LogP contribution in [0.15, 0.2) is 30.3 Å². The minimum absolute atomic E-state index is 0.154. The van der Waals surface area contributed by atoms with Crippen molar-refractivity contribution >= 4 is 0 Å². The van der Waals surface area contributed by atoms with E-state index in [9.17, 15) is 4.39 Å². The van der Waals surface area contributed by atoms with Crippen LogP contribution in [0.1, 0.15) is 18.4 Å². The summed E-state index contributed by atoms with van der Waals surface area (Å²) in [5.41, 5.74) is 1.18. The van der Waals surface area contributed by atoms with E-state index in [1.54, 1.807) is 0 Å². The number of hydrogen-bond donors (Lipinski definition) is 0. The van der Waals surface area contributed by atoms with Gasteiger partial charge < -0.3 is 9.64 Å². The lowest BCUT2D eigenvalue weighted by molar-refractivity contribution is 0.0221. The maximum absolute atomic E-state index is 13.3. The van der Waals surface area contributed by atoms with Gasteiger partial charge >= 0.3 is 0 Å². The second kappa shape index (κ2) is 6.12. The van der Waals surface area contributed by atoms with Crippen molar-refractivity contribution in [3.05, 3.63) is 35.9 Å². The van der Waals surface area contributed by atoms with E-state index < -0.39 is 6.17 Å². The number of likely N-dealkylation sites (N-methyl/N-ethyl adjacent to an activating group) is 1. The second-order valence-corrected chi connectivity index (χ2v) is 4.81. The van der Waals surface area contributed by atoms with Gasteiger partial charge in [0.2, 0.25) is 0 Å². The number of hydrogen-bond acceptors (Lipinski definition) is 2. The number of nitrogens with zero attached hydrogens (tertiary/aromatic N) is 1. The molecule has 17 heavy (non-hydrogen) atoms. The van der Waals surface area contributed by atoms with E-state index in [1.165, 1.54) is 5.56 Å². The Bertz CT molecular complexity index is 330. The predicted octanol–water partition coefficient (Wildman–Crippen LogP) is 2.64. The Morgan fingerprint density at radius 2 is 2.00 bits per heavy atom. The Balaban J connectivity index is 1.82. The molecule has 2 rings (SSSR count). The van der Waals surface area contributed by atoms with Crippen LogP contribution in [0.3, 0.4) is 0 Å². The van der Waals surface area contributed by atoms with Crippen molar-refractivity contribution in [2.45, 2.75) is 31.7 Å². The van der Waals surface area contributed by atoms with Crippen molar-refractivity contribution < 1.29 is 9.13 Å². The monoisotopic (exact) mass is 237 g/mol. The summed E-state index contributed by atoms with van der Waals surface area (Å²) in [7, 11) is 1.96. The molecule has 2 atom stereocenters. The maximum Gasteiger partial charge on any atom is 0.113 e. The SMILES string of the molecule is CN1CC(F)CCC(OCc2ccccc2)C1. The van der Waals surface area contributed by atoms with Crippen molar-refractivity contribution in [3.8, 4) is 0 Å². The highest BCUT2D eigenvalue weighted by atomic mass is 19.1. The van der Waals surface area contributed by atoms with Gasteiger partial charge in [0.1, 0.15) is 6.17 Å². The van der Waals surface area contributed by atoms with Gasteiger partial charge in [-0.1, -0.05) is 30.3 Å². The molecule has 94 valence electrons. The topological polar surface area (TPSA) is 12.5 Å². The fourth-order valence-electron chi connectivity index (χ4n) is 2.23. The van der Waals surface area contributed by atoms with Crippen LogP contribution in [0.25, 0.3) is 0 Å². The molecule has 1 heterocycles. The largest absolute Gasteiger partial charge is 0.372 e. The first-order valence-electron chi connectivity index (χ1n) is 6.22.